The molecule has 0 saturated carbocycles. The molecule has 7 nitrogen and oxygen atoms in total. The second kappa shape index (κ2) is 5.60. The number of anilines is 2. The first-order valence-corrected chi connectivity index (χ1v) is 6.11. The van der Waals surface area contributed by atoms with Crippen LogP contribution in [0.25, 0.3) is 0 Å². The molecule has 0 unspecified atom stereocenters. The summed E-state index contributed by atoms with van der Waals surface area (Å²) in [5, 5.41) is 6.35. The molecule has 0 aliphatic heterocycles. The number of nitrogens with zero attached hydrogens (tertiary/aromatic N) is 3. The van der Waals surface area contributed by atoms with Gasteiger partial charge in [-0.2, -0.15) is 4.98 Å². The predicted molar refractivity (Wildman–Crippen MR) is 75.4 cm³/mol. The SMILES string of the molecule is Cc1noc(CNC(=O)c2ccc(N(C)C)c(N)c2)n1. The first kappa shape index (κ1) is 13.9. The summed E-state index contributed by atoms with van der Waals surface area (Å²) in [5.74, 6) is 0.667. The van der Waals surface area contributed by atoms with Crippen LogP contribution in [-0.4, -0.2) is 30.1 Å². The smallest absolute Gasteiger partial charge is 0.251 e. The molecule has 2 rings (SSSR count). The largest absolute Gasteiger partial charge is 0.397 e. The molecule has 1 aromatic heterocycles. The van der Waals surface area contributed by atoms with Crippen LogP contribution in [0, 0.1) is 6.92 Å². The topological polar surface area (TPSA) is 97.3 Å². The van der Waals surface area contributed by atoms with E-state index in [1.807, 2.05) is 19.0 Å². The lowest BCUT2D eigenvalue weighted by molar-refractivity contribution is 0.0946. The normalized spacial score (nSPS) is 10.3. The van der Waals surface area contributed by atoms with Crippen molar-refractivity contribution < 1.29 is 9.32 Å². The van der Waals surface area contributed by atoms with Crippen molar-refractivity contribution in [3.8, 4) is 0 Å². The van der Waals surface area contributed by atoms with Gasteiger partial charge in [0.15, 0.2) is 5.82 Å². The van der Waals surface area contributed by atoms with Gasteiger partial charge >= 0.3 is 0 Å². The summed E-state index contributed by atoms with van der Waals surface area (Å²) in [4.78, 5) is 17.9. The number of nitrogens with two attached hydrogens (primary N) is 1. The van der Waals surface area contributed by atoms with E-state index < -0.39 is 0 Å². The third kappa shape index (κ3) is 3.05. The Morgan fingerprint density at radius 1 is 1.45 bits per heavy atom. The highest BCUT2D eigenvalue weighted by Gasteiger charge is 2.10. The Morgan fingerprint density at radius 3 is 2.75 bits per heavy atom. The zero-order valence-electron chi connectivity index (χ0n) is 11.7. The molecule has 7 heteroatoms. The lowest BCUT2D eigenvalue weighted by atomic mass is 10.1. The molecule has 0 radical (unpaired) electrons. The van der Waals surface area contributed by atoms with Crippen molar-refractivity contribution in [1.82, 2.24) is 15.5 Å². The summed E-state index contributed by atoms with van der Waals surface area (Å²) < 4.78 is 4.92. The second-order valence-corrected chi connectivity index (χ2v) is 4.59. The van der Waals surface area contributed by atoms with E-state index in [4.69, 9.17) is 10.3 Å². The van der Waals surface area contributed by atoms with Crippen molar-refractivity contribution in [2.45, 2.75) is 13.5 Å². The van der Waals surface area contributed by atoms with Gasteiger partial charge in [0.25, 0.3) is 5.91 Å². The number of hydrogen-bond acceptors (Lipinski definition) is 6. The third-order valence-electron chi connectivity index (χ3n) is 2.74. The second-order valence-electron chi connectivity index (χ2n) is 4.59. The molecule has 1 aromatic carbocycles. The number of amides is 1. The zero-order chi connectivity index (χ0) is 14.7. The van der Waals surface area contributed by atoms with Crippen LogP contribution < -0.4 is 16.0 Å². The molecular formula is C13H17N5O2. The van der Waals surface area contributed by atoms with E-state index in [9.17, 15) is 4.79 Å². The Bertz CT molecular complexity index is 621. The highest BCUT2D eigenvalue weighted by molar-refractivity contribution is 5.96. The van der Waals surface area contributed by atoms with Crippen molar-refractivity contribution in [2.24, 2.45) is 0 Å². The summed E-state index contributed by atoms with van der Waals surface area (Å²) >= 11 is 0. The minimum atomic E-state index is -0.238. The predicted octanol–water partition coefficient (Wildman–Crippen LogP) is 0.956. The van der Waals surface area contributed by atoms with Gasteiger partial charge in [0, 0.05) is 19.7 Å². The van der Waals surface area contributed by atoms with Crippen molar-refractivity contribution >= 4 is 17.3 Å². The molecule has 0 bridgehead atoms. The molecular weight excluding hydrogens is 258 g/mol. The minimum Gasteiger partial charge on any atom is -0.397 e. The van der Waals surface area contributed by atoms with E-state index in [0.717, 1.165) is 5.69 Å². The van der Waals surface area contributed by atoms with E-state index in [0.29, 0.717) is 23.0 Å². The zero-order valence-corrected chi connectivity index (χ0v) is 11.7. The highest BCUT2D eigenvalue weighted by Crippen LogP contribution is 2.22. The summed E-state index contributed by atoms with van der Waals surface area (Å²) in [7, 11) is 3.78. The first-order valence-electron chi connectivity index (χ1n) is 6.11. The molecule has 0 spiro atoms. The molecule has 0 atom stereocenters. The lowest BCUT2D eigenvalue weighted by Gasteiger charge is -2.15. The minimum absolute atomic E-state index is 0.189. The van der Waals surface area contributed by atoms with Crippen molar-refractivity contribution in [3.63, 3.8) is 0 Å². The third-order valence-corrected chi connectivity index (χ3v) is 2.74. The van der Waals surface area contributed by atoms with Crippen LogP contribution in [0.1, 0.15) is 22.1 Å². The van der Waals surface area contributed by atoms with Crippen molar-refractivity contribution in [1.29, 1.82) is 0 Å². The summed E-state index contributed by atoms with van der Waals surface area (Å²) in [6, 6.07) is 5.17. The quantitative estimate of drug-likeness (QED) is 0.806. The van der Waals surface area contributed by atoms with Gasteiger partial charge in [-0.05, 0) is 25.1 Å². The molecule has 0 saturated heterocycles. The molecule has 3 N–H and O–H groups in total. The number of hydrogen-bond donors (Lipinski definition) is 2. The molecule has 20 heavy (non-hydrogen) atoms. The Labute approximate surface area is 116 Å². The van der Waals surface area contributed by atoms with Gasteiger partial charge in [0.2, 0.25) is 5.89 Å². The average molecular weight is 275 g/mol. The van der Waals surface area contributed by atoms with E-state index in [1.54, 1.807) is 25.1 Å². The fourth-order valence-corrected chi connectivity index (χ4v) is 1.77. The van der Waals surface area contributed by atoms with E-state index in [-0.39, 0.29) is 12.5 Å². The number of benzene rings is 1. The Morgan fingerprint density at radius 2 is 2.20 bits per heavy atom. The number of aryl methyl sites for hydroxylation is 1. The number of aromatic nitrogens is 2. The van der Waals surface area contributed by atoms with Crippen LogP contribution in [-0.2, 0) is 6.54 Å². The summed E-state index contributed by atoms with van der Waals surface area (Å²) in [6.45, 7) is 1.91. The van der Waals surface area contributed by atoms with Crippen LogP contribution >= 0.6 is 0 Å². The standard InChI is InChI=1S/C13H17N5O2/c1-8-16-12(20-17-8)7-15-13(19)9-4-5-11(18(2)3)10(14)6-9/h4-6H,7,14H2,1-3H3,(H,15,19). The van der Waals surface area contributed by atoms with Gasteiger partial charge in [-0.3, -0.25) is 4.79 Å². The maximum Gasteiger partial charge on any atom is 0.251 e. The van der Waals surface area contributed by atoms with Gasteiger partial charge in [-0.25, -0.2) is 0 Å². The maximum absolute atomic E-state index is 12.0. The maximum atomic E-state index is 12.0. The van der Waals surface area contributed by atoms with Crippen LogP contribution in [0.2, 0.25) is 0 Å². The monoisotopic (exact) mass is 275 g/mol. The van der Waals surface area contributed by atoms with E-state index in [2.05, 4.69) is 15.5 Å². The fraction of sp³-hybridized carbons (Fsp3) is 0.308. The molecule has 0 fully saturated rings. The Kier molecular flexibility index (Phi) is 3.88. The van der Waals surface area contributed by atoms with Crippen LogP contribution in [0.3, 0.4) is 0 Å². The Balaban J connectivity index is 2.04. The van der Waals surface area contributed by atoms with Gasteiger partial charge in [0.1, 0.15) is 0 Å². The highest BCUT2D eigenvalue weighted by atomic mass is 16.5. The van der Waals surface area contributed by atoms with E-state index >= 15 is 0 Å². The van der Waals surface area contributed by atoms with Gasteiger partial charge < -0.3 is 20.5 Å². The van der Waals surface area contributed by atoms with Gasteiger partial charge in [-0.1, -0.05) is 5.16 Å². The molecule has 0 aliphatic rings. The molecule has 1 heterocycles. The Hall–Kier alpha value is -2.57. The number of carbonyl (C=O) groups is 1. The number of rotatable bonds is 4. The van der Waals surface area contributed by atoms with E-state index in [1.165, 1.54) is 0 Å². The summed E-state index contributed by atoms with van der Waals surface area (Å²) in [6.07, 6.45) is 0. The molecule has 1 amide bonds. The van der Waals surface area contributed by atoms with Crippen molar-refractivity contribution in [3.05, 3.63) is 35.5 Å². The average Bonchev–Trinajstić information content (AvgIpc) is 2.81. The first-order chi connectivity index (χ1) is 9.47. The molecule has 106 valence electrons. The van der Waals surface area contributed by atoms with Gasteiger partial charge in [-0.15, -0.1) is 0 Å². The van der Waals surface area contributed by atoms with Crippen LogP contribution in [0.4, 0.5) is 11.4 Å². The number of nitrogen functional groups attached to an aromatic ring is 1. The molecule has 0 aliphatic carbocycles. The van der Waals surface area contributed by atoms with Crippen LogP contribution in [0.5, 0.6) is 0 Å². The molecule has 2 aromatic rings. The number of carbonyl (C=O) groups excluding carboxylic acids is 1. The summed E-state index contributed by atoms with van der Waals surface area (Å²) in [5.41, 5.74) is 7.82. The van der Waals surface area contributed by atoms with Crippen molar-refractivity contribution in [2.75, 3.05) is 24.7 Å². The van der Waals surface area contributed by atoms with Gasteiger partial charge in [0.05, 0.1) is 17.9 Å². The number of nitrogens with one attached hydrogen (secondary N) is 1. The lowest BCUT2D eigenvalue weighted by Crippen LogP contribution is -2.23. The fourth-order valence-electron chi connectivity index (χ4n) is 1.77. The van der Waals surface area contributed by atoms with Crippen LogP contribution in [0.15, 0.2) is 22.7 Å².